The normalized spacial score (nSPS) is 11.3. The summed E-state index contributed by atoms with van der Waals surface area (Å²) in [4.78, 5) is 13.0. The Balaban J connectivity index is 2.19. The number of ketones is 1. The molecular formula is C17H17ClN4O4S. The smallest absolute Gasteiger partial charge is 0.221 e. The maximum Gasteiger partial charge on any atom is 0.221 e. The zero-order valence-corrected chi connectivity index (χ0v) is 16.2. The topological polar surface area (TPSA) is 107 Å². The van der Waals surface area contributed by atoms with E-state index >= 15 is 0 Å². The van der Waals surface area contributed by atoms with E-state index in [1.807, 2.05) is 0 Å². The van der Waals surface area contributed by atoms with Crippen LogP contribution < -0.4 is 0 Å². The summed E-state index contributed by atoms with van der Waals surface area (Å²) in [7, 11) is -2.70. The lowest BCUT2D eigenvalue weighted by atomic mass is 10.0. The molecule has 3 rings (SSSR count). The van der Waals surface area contributed by atoms with Crippen LogP contribution in [0.5, 0.6) is 5.88 Å². The van der Waals surface area contributed by atoms with Crippen molar-refractivity contribution in [2.45, 2.75) is 26.1 Å². The minimum absolute atomic E-state index is 0.0566. The molecule has 0 atom stereocenters. The number of nitrogens with zero attached hydrogens (tertiary/aromatic N) is 4. The Hall–Kier alpha value is -2.65. The Labute approximate surface area is 162 Å². The van der Waals surface area contributed by atoms with E-state index in [0.717, 1.165) is 0 Å². The quantitative estimate of drug-likeness (QED) is 0.477. The van der Waals surface area contributed by atoms with Crippen molar-refractivity contribution in [2.75, 3.05) is 0 Å². The molecule has 1 aromatic carbocycles. The molecule has 0 unspecified atom stereocenters. The third kappa shape index (κ3) is 3.47. The number of benzene rings is 1. The first-order valence-corrected chi connectivity index (χ1v) is 9.83. The molecule has 0 bridgehead atoms. The number of carbonyl (C=O) groups is 1. The van der Waals surface area contributed by atoms with Crippen LogP contribution in [0.2, 0.25) is 5.02 Å². The van der Waals surface area contributed by atoms with Crippen LogP contribution in [0.25, 0.3) is 5.69 Å². The monoisotopic (exact) mass is 408 g/mol. The van der Waals surface area contributed by atoms with E-state index in [2.05, 4.69) is 10.2 Å². The van der Waals surface area contributed by atoms with Crippen LogP contribution in [0.4, 0.5) is 0 Å². The predicted molar refractivity (Wildman–Crippen MR) is 100 cm³/mol. The number of aromatic nitrogens is 4. The first-order chi connectivity index (χ1) is 12.8. The molecule has 0 saturated heterocycles. The molecule has 27 heavy (non-hydrogen) atoms. The largest absolute Gasteiger partial charge is 0.493 e. The standard InChI is InChI=1S/C17H17ClN4O4S/c1-3-21-17(24)13(10(2)20-21)16(23)12-6-5-11(9-27(25)26)15(14(12)18)22-8-4-7-19-22/h4-8,24,27H,3,9H2,1-2H3. The van der Waals surface area contributed by atoms with Gasteiger partial charge in [0.2, 0.25) is 11.7 Å². The van der Waals surface area contributed by atoms with Crippen LogP contribution in [-0.2, 0) is 23.0 Å². The lowest BCUT2D eigenvalue weighted by molar-refractivity contribution is 0.103. The van der Waals surface area contributed by atoms with Crippen LogP contribution in [0, 0.1) is 6.92 Å². The third-order valence-electron chi connectivity index (χ3n) is 4.10. The molecule has 0 spiro atoms. The molecule has 3 aromatic rings. The van der Waals surface area contributed by atoms with E-state index < -0.39 is 16.5 Å². The van der Waals surface area contributed by atoms with Gasteiger partial charge in [-0.2, -0.15) is 10.2 Å². The van der Waals surface area contributed by atoms with Gasteiger partial charge in [0.15, 0.2) is 0 Å². The van der Waals surface area contributed by atoms with E-state index in [0.29, 0.717) is 23.5 Å². The molecule has 1 N–H and O–H groups in total. The number of rotatable bonds is 6. The van der Waals surface area contributed by atoms with Crippen LogP contribution in [0.15, 0.2) is 30.6 Å². The molecule has 0 amide bonds. The molecule has 8 nitrogen and oxygen atoms in total. The first-order valence-electron chi connectivity index (χ1n) is 8.09. The number of halogens is 1. The third-order valence-corrected chi connectivity index (χ3v) is 5.09. The second-order valence-electron chi connectivity index (χ2n) is 5.81. The van der Waals surface area contributed by atoms with Gasteiger partial charge < -0.3 is 5.11 Å². The van der Waals surface area contributed by atoms with Gasteiger partial charge in [0.25, 0.3) is 0 Å². The zero-order valence-electron chi connectivity index (χ0n) is 14.6. The highest BCUT2D eigenvalue weighted by Crippen LogP contribution is 2.32. The maximum atomic E-state index is 13.0. The summed E-state index contributed by atoms with van der Waals surface area (Å²) in [5.74, 6) is -0.971. The highest BCUT2D eigenvalue weighted by Gasteiger charge is 2.26. The Kier molecular flexibility index (Phi) is 5.33. The van der Waals surface area contributed by atoms with Crippen molar-refractivity contribution in [1.82, 2.24) is 19.6 Å². The van der Waals surface area contributed by atoms with Crippen LogP contribution in [-0.4, -0.2) is 38.9 Å². The lowest BCUT2D eigenvalue weighted by Crippen LogP contribution is -2.09. The molecule has 142 valence electrons. The number of hydrogen-bond donors (Lipinski definition) is 2. The van der Waals surface area contributed by atoms with Crippen molar-refractivity contribution in [3.05, 3.63) is 58.0 Å². The summed E-state index contributed by atoms with van der Waals surface area (Å²) >= 11 is 6.49. The minimum atomic E-state index is -2.70. The second kappa shape index (κ2) is 7.53. The Morgan fingerprint density at radius 1 is 1.33 bits per heavy atom. The van der Waals surface area contributed by atoms with Crippen LogP contribution in [0.1, 0.15) is 34.1 Å². The van der Waals surface area contributed by atoms with Gasteiger partial charge >= 0.3 is 0 Å². The Morgan fingerprint density at radius 2 is 2.07 bits per heavy atom. The summed E-state index contributed by atoms with van der Waals surface area (Å²) < 4.78 is 25.2. The summed E-state index contributed by atoms with van der Waals surface area (Å²) in [6, 6.07) is 4.64. The number of hydrogen-bond acceptors (Lipinski definition) is 6. The van der Waals surface area contributed by atoms with Crippen molar-refractivity contribution in [2.24, 2.45) is 0 Å². The summed E-state index contributed by atoms with van der Waals surface area (Å²) in [6.07, 6.45) is 3.13. The molecule has 0 aliphatic rings. The van der Waals surface area contributed by atoms with Crippen LogP contribution in [0.3, 0.4) is 0 Å². The van der Waals surface area contributed by atoms with Gasteiger partial charge in [-0.25, -0.2) is 17.8 Å². The van der Waals surface area contributed by atoms with Crippen molar-refractivity contribution in [1.29, 1.82) is 0 Å². The molecule has 0 aliphatic heterocycles. The fourth-order valence-corrected chi connectivity index (χ4v) is 3.78. The van der Waals surface area contributed by atoms with E-state index in [-0.39, 0.29) is 27.8 Å². The van der Waals surface area contributed by atoms with E-state index in [1.54, 1.807) is 26.1 Å². The Morgan fingerprint density at radius 3 is 2.63 bits per heavy atom. The summed E-state index contributed by atoms with van der Waals surface area (Å²) in [5.41, 5.74) is 1.30. The van der Waals surface area contributed by atoms with Gasteiger partial charge in [-0.3, -0.25) is 4.79 Å². The van der Waals surface area contributed by atoms with Gasteiger partial charge in [-0.15, -0.1) is 0 Å². The number of carbonyl (C=O) groups excluding carboxylic acids is 1. The van der Waals surface area contributed by atoms with E-state index in [1.165, 1.54) is 27.7 Å². The molecule has 0 aliphatic carbocycles. The van der Waals surface area contributed by atoms with E-state index in [9.17, 15) is 18.3 Å². The van der Waals surface area contributed by atoms with Gasteiger partial charge in [0.05, 0.1) is 22.2 Å². The fraction of sp³-hybridized carbons (Fsp3) is 0.235. The number of aromatic hydroxyl groups is 1. The SMILES string of the molecule is CCn1nc(C)c(C(=O)c2ccc(C[SH](=O)=O)c(-n3cccn3)c2Cl)c1O. The average Bonchev–Trinajstić information content (AvgIpc) is 3.22. The number of thiol groups is 1. The zero-order chi connectivity index (χ0) is 19.7. The minimum Gasteiger partial charge on any atom is -0.493 e. The predicted octanol–water partition coefficient (Wildman–Crippen LogP) is 2.10. The fourth-order valence-electron chi connectivity index (χ4n) is 2.89. The average molecular weight is 409 g/mol. The Bertz CT molecular complexity index is 1080. The number of aryl methyl sites for hydroxylation is 2. The van der Waals surface area contributed by atoms with E-state index in [4.69, 9.17) is 11.6 Å². The molecule has 0 fully saturated rings. The van der Waals surface area contributed by atoms with Crippen LogP contribution >= 0.6 is 11.6 Å². The summed E-state index contributed by atoms with van der Waals surface area (Å²) in [6.45, 7) is 3.82. The maximum absolute atomic E-state index is 13.0. The lowest BCUT2D eigenvalue weighted by Gasteiger charge is -2.13. The van der Waals surface area contributed by atoms with Gasteiger partial charge in [-0.05, 0) is 31.5 Å². The van der Waals surface area contributed by atoms with Gasteiger partial charge in [0.1, 0.15) is 16.3 Å². The van der Waals surface area contributed by atoms with Crippen molar-refractivity contribution >= 4 is 28.1 Å². The molecule has 0 saturated carbocycles. The molecular weight excluding hydrogens is 392 g/mol. The first kappa shape index (κ1) is 19.1. The molecule has 2 heterocycles. The molecule has 2 aromatic heterocycles. The van der Waals surface area contributed by atoms with Gasteiger partial charge in [0, 0.05) is 24.5 Å². The molecule has 0 radical (unpaired) electrons. The van der Waals surface area contributed by atoms with Crippen molar-refractivity contribution in [3.63, 3.8) is 0 Å². The highest BCUT2D eigenvalue weighted by atomic mass is 35.5. The second-order valence-corrected chi connectivity index (χ2v) is 7.16. The molecule has 10 heteroatoms. The summed E-state index contributed by atoms with van der Waals surface area (Å²) in [5, 5.41) is 18.6. The van der Waals surface area contributed by atoms with Gasteiger partial charge in [-0.1, -0.05) is 17.7 Å². The van der Waals surface area contributed by atoms with Crippen molar-refractivity contribution in [3.8, 4) is 11.6 Å². The van der Waals surface area contributed by atoms with Crippen molar-refractivity contribution < 1.29 is 18.3 Å². The highest BCUT2D eigenvalue weighted by molar-refractivity contribution is 7.71.